The van der Waals surface area contributed by atoms with Crippen molar-refractivity contribution in [1.29, 1.82) is 5.26 Å². The second-order valence-electron chi connectivity index (χ2n) is 4.04. The lowest BCUT2D eigenvalue weighted by Crippen LogP contribution is -2.37. The summed E-state index contributed by atoms with van der Waals surface area (Å²) >= 11 is 0. The molecule has 1 heterocycles. The highest BCUT2D eigenvalue weighted by molar-refractivity contribution is 5.79. The summed E-state index contributed by atoms with van der Waals surface area (Å²) in [6.45, 7) is 3.68. The summed E-state index contributed by atoms with van der Waals surface area (Å²) in [6, 6.07) is 2.39. The van der Waals surface area contributed by atoms with Gasteiger partial charge in [0.2, 0.25) is 5.91 Å². The molecule has 1 fully saturated rings. The third kappa shape index (κ3) is 3.88. The van der Waals surface area contributed by atoms with Crippen LogP contribution >= 0.6 is 0 Å². The van der Waals surface area contributed by atoms with Crippen LogP contribution in [0.25, 0.3) is 0 Å². The highest BCUT2D eigenvalue weighted by Gasteiger charge is 2.28. The van der Waals surface area contributed by atoms with Gasteiger partial charge in [-0.2, -0.15) is 5.26 Å². The molecule has 84 valence electrons. The highest BCUT2D eigenvalue weighted by Crippen LogP contribution is 2.14. The van der Waals surface area contributed by atoms with Gasteiger partial charge in [-0.3, -0.25) is 4.79 Å². The number of hydrogen-bond acceptors (Lipinski definition) is 3. The van der Waals surface area contributed by atoms with Crippen LogP contribution < -0.4 is 10.6 Å². The summed E-state index contributed by atoms with van der Waals surface area (Å²) in [5.74, 6) is 0.283. The molecule has 0 aromatic carbocycles. The fourth-order valence-corrected chi connectivity index (χ4v) is 1.89. The van der Waals surface area contributed by atoms with Crippen LogP contribution in [0.2, 0.25) is 0 Å². The molecule has 2 atom stereocenters. The van der Waals surface area contributed by atoms with Crippen LogP contribution in [0.4, 0.5) is 0 Å². The minimum absolute atomic E-state index is 0.126. The van der Waals surface area contributed by atoms with Gasteiger partial charge in [0.25, 0.3) is 0 Å². The molecule has 4 nitrogen and oxygen atoms in total. The topological polar surface area (TPSA) is 64.9 Å². The van der Waals surface area contributed by atoms with E-state index >= 15 is 0 Å². The molecule has 1 amide bonds. The third-order valence-corrected chi connectivity index (χ3v) is 2.88. The van der Waals surface area contributed by atoms with E-state index in [1.54, 1.807) is 0 Å². The quantitative estimate of drug-likeness (QED) is 0.658. The van der Waals surface area contributed by atoms with E-state index in [4.69, 9.17) is 5.26 Å². The van der Waals surface area contributed by atoms with Gasteiger partial charge in [-0.25, -0.2) is 0 Å². The average Bonchev–Trinajstić information content (AvgIpc) is 2.64. The van der Waals surface area contributed by atoms with Gasteiger partial charge in [0, 0.05) is 19.0 Å². The number of carbonyl (C=O) groups excluding carboxylic acids is 1. The average molecular weight is 209 g/mol. The largest absolute Gasteiger partial charge is 0.356 e. The molecule has 0 aromatic rings. The van der Waals surface area contributed by atoms with Crippen LogP contribution in [0, 0.1) is 17.2 Å². The first-order valence-electron chi connectivity index (χ1n) is 5.63. The predicted octanol–water partition coefficient (Wildman–Crippen LogP) is 0.794. The minimum atomic E-state index is 0.126. The van der Waals surface area contributed by atoms with E-state index in [0.717, 1.165) is 25.8 Å². The van der Waals surface area contributed by atoms with Gasteiger partial charge in [0.1, 0.15) is 0 Å². The second kappa shape index (κ2) is 6.41. The molecule has 0 saturated carbocycles. The number of rotatable bonds is 5. The normalized spacial score (nSPS) is 24.8. The number of carbonyl (C=O) groups is 1. The summed E-state index contributed by atoms with van der Waals surface area (Å²) in [5.41, 5.74) is 0. The van der Waals surface area contributed by atoms with Crippen LogP contribution in [0.15, 0.2) is 0 Å². The number of unbranched alkanes of at least 4 members (excludes halogenated alkanes) is 2. The van der Waals surface area contributed by atoms with Gasteiger partial charge >= 0.3 is 0 Å². The van der Waals surface area contributed by atoms with Crippen molar-refractivity contribution in [2.24, 2.45) is 5.92 Å². The van der Waals surface area contributed by atoms with Gasteiger partial charge < -0.3 is 10.6 Å². The molecule has 1 aliphatic rings. The van der Waals surface area contributed by atoms with Gasteiger partial charge in [-0.05, 0) is 32.7 Å². The van der Waals surface area contributed by atoms with E-state index < -0.39 is 0 Å². The Morgan fingerprint density at radius 3 is 3.00 bits per heavy atom. The lowest BCUT2D eigenvalue weighted by molar-refractivity contribution is -0.125. The van der Waals surface area contributed by atoms with E-state index in [2.05, 4.69) is 16.7 Å². The number of hydrogen-bond donors (Lipinski definition) is 2. The molecule has 0 bridgehead atoms. The first-order chi connectivity index (χ1) is 7.25. The minimum Gasteiger partial charge on any atom is -0.356 e. The zero-order valence-corrected chi connectivity index (χ0v) is 9.25. The van der Waals surface area contributed by atoms with Crippen molar-refractivity contribution < 1.29 is 4.79 Å². The number of amides is 1. The van der Waals surface area contributed by atoms with Crippen molar-refractivity contribution in [2.75, 3.05) is 13.1 Å². The van der Waals surface area contributed by atoms with Crippen LogP contribution in [0.5, 0.6) is 0 Å². The van der Waals surface area contributed by atoms with E-state index in [1.165, 1.54) is 0 Å². The Labute approximate surface area is 91.0 Å². The molecule has 1 aliphatic heterocycles. The first-order valence-corrected chi connectivity index (χ1v) is 5.63. The van der Waals surface area contributed by atoms with Crippen molar-refractivity contribution in [2.45, 2.75) is 38.6 Å². The maximum Gasteiger partial charge on any atom is 0.224 e. The number of nitrogens with zero attached hydrogens (tertiary/aromatic N) is 1. The Morgan fingerprint density at radius 1 is 1.60 bits per heavy atom. The van der Waals surface area contributed by atoms with Crippen LogP contribution in [-0.2, 0) is 4.79 Å². The molecular formula is C11H19N3O. The van der Waals surface area contributed by atoms with E-state index in [9.17, 15) is 4.79 Å². The maximum absolute atomic E-state index is 11.7. The molecule has 2 N–H and O–H groups in total. The van der Waals surface area contributed by atoms with E-state index in [1.807, 2.05) is 6.92 Å². The second-order valence-corrected chi connectivity index (χ2v) is 4.04. The SMILES string of the molecule is CC1NCCC1C(=O)NCCCCC#N. The summed E-state index contributed by atoms with van der Waals surface area (Å²) in [7, 11) is 0. The summed E-state index contributed by atoms with van der Waals surface area (Å²) in [5, 5.41) is 14.5. The van der Waals surface area contributed by atoms with Gasteiger partial charge in [-0.1, -0.05) is 0 Å². The molecule has 0 aromatic heterocycles. The summed E-state index contributed by atoms with van der Waals surface area (Å²) in [4.78, 5) is 11.7. The maximum atomic E-state index is 11.7. The lowest BCUT2D eigenvalue weighted by atomic mass is 10.0. The van der Waals surface area contributed by atoms with E-state index in [-0.39, 0.29) is 11.8 Å². The Balaban J connectivity index is 2.11. The van der Waals surface area contributed by atoms with Crippen molar-refractivity contribution in [3.8, 4) is 6.07 Å². The number of nitrogens with one attached hydrogen (secondary N) is 2. The summed E-state index contributed by atoms with van der Waals surface area (Å²) < 4.78 is 0. The molecule has 1 rings (SSSR count). The molecule has 0 radical (unpaired) electrons. The molecule has 1 saturated heterocycles. The lowest BCUT2D eigenvalue weighted by Gasteiger charge is -2.14. The molecule has 15 heavy (non-hydrogen) atoms. The van der Waals surface area contributed by atoms with E-state index in [0.29, 0.717) is 19.0 Å². The molecule has 0 aliphatic carbocycles. The Morgan fingerprint density at radius 2 is 2.40 bits per heavy atom. The van der Waals surface area contributed by atoms with Crippen LogP contribution in [-0.4, -0.2) is 25.0 Å². The standard InChI is InChI=1S/C11H19N3O/c1-9-10(5-8-13-9)11(15)14-7-4-2-3-6-12/h9-10,13H,2-5,7-8H2,1H3,(H,14,15). The molecule has 4 heteroatoms. The smallest absolute Gasteiger partial charge is 0.224 e. The van der Waals surface area contributed by atoms with Crippen molar-refractivity contribution in [1.82, 2.24) is 10.6 Å². The Kier molecular flexibility index (Phi) is 5.13. The van der Waals surface area contributed by atoms with Crippen molar-refractivity contribution in [3.63, 3.8) is 0 Å². The van der Waals surface area contributed by atoms with Gasteiger partial charge in [0.05, 0.1) is 12.0 Å². The van der Waals surface area contributed by atoms with Crippen molar-refractivity contribution in [3.05, 3.63) is 0 Å². The Hall–Kier alpha value is -1.08. The predicted molar refractivity (Wildman–Crippen MR) is 58.0 cm³/mol. The highest BCUT2D eigenvalue weighted by atomic mass is 16.1. The molecule has 0 spiro atoms. The molecular weight excluding hydrogens is 190 g/mol. The van der Waals surface area contributed by atoms with Crippen LogP contribution in [0.1, 0.15) is 32.6 Å². The van der Waals surface area contributed by atoms with Gasteiger partial charge in [-0.15, -0.1) is 0 Å². The van der Waals surface area contributed by atoms with Crippen molar-refractivity contribution >= 4 is 5.91 Å². The zero-order chi connectivity index (χ0) is 11.1. The monoisotopic (exact) mass is 209 g/mol. The summed E-state index contributed by atoms with van der Waals surface area (Å²) in [6.07, 6.45) is 3.28. The Bertz CT molecular complexity index is 247. The zero-order valence-electron chi connectivity index (χ0n) is 9.25. The fourth-order valence-electron chi connectivity index (χ4n) is 1.89. The first kappa shape index (κ1) is 12.0. The molecule has 2 unspecified atom stereocenters. The fraction of sp³-hybridized carbons (Fsp3) is 0.818. The third-order valence-electron chi connectivity index (χ3n) is 2.88. The number of nitriles is 1. The van der Waals surface area contributed by atoms with Gasteiger partial charge in [0.15, 0.2) is 0 Å². The van der Waals surface area contributed by atoms with Crippen LogP contribution in [0.3, 0.4) is 0 Å².